The number of amides is 1. The number of nitrogens with one attached hydrogen (secondary N) is 1. The number of carbonyl (C=O) groups is 1. The highest BCUT2D eigenvalue weighted by Gasteiger charge is 2.12. The van der Waals surface area contributed by atoms with E-state index in [1.807, 2.05) is 42.5 Å². The third-order valence-corrected chi connectivity index (χ3v) is 5.10. The summed E-state index contributed by atoms with van der Waals surface area (Å²) in [7, 11) is 1.64. The lowest BCUT2D eigenvalue weighted by Crippen LogP contribution is -2.13. The van der Waals surface area contributed by atoms with E-state index in [-0.39, 0.29) is 5.91 Å². The molecule has 0 saturated carbocycles. The molecule has 0 aliphatic carbocycles. The van der Waals surface area contributed by atoms with Crippen LogP contribution in [0.15, 0.2) is 48.5 Å². The fraction of sp³-hybridized carbons (Fsp3) is 0.118. The van der Waals surface area contributed by atoms with Crippen LogP contribution in [0, 0.1) is 3.57 Å². The van der Waals surface area contributed by atoms with Crippen molar-refractivity contribution >= 4 is 45.0 Å². The number of rotatable bonds is 5. The monoisotopic (exact) mass is 451 g/mol. The van der Waals surface area contributed by atoms with Crippen LogP contribution < -0.4 is 10.1 Å². The molecule has 0 radical (unpaired) electrons. The van der Waals surface area contributed by atoms with E-state index in [9.17, 15) is 4.79 Å². The van der Waals surface area contributed by atoms with Crippen molar-refractivity contribution in [3.05, 3.63) is 68.2 Å². The van der Waals surface area contributed by atoms with Gasteiger partial charge < -0.3 is 4.74 Å². The van der Waals surface area contributed by atoms with E-state index in [0.29, 0.717) is 17.1 Å². The van der Waals surface area contributed by atoms with E-state index >= 15 is 0 Å². The number of anilines is 1. The van der Waals surface area contributed by atoms with Gasteiger partial charge in [-0.25, -0.2) is 0 Å². The molecule has 0 aliphatic rings. The predicted octanol–water partition coefficient (Wildman–Crippen LogP) is 3.99. The number of halogens is 1. The van der Waals surface area contributed by atoms with Crippen molar-refractivity contribution in [2.24, 2.45) is 0 Å². The first-order chi connectivity index (χ1) is 11.7. The summed E-state index contributed by atoms with van der Waals surface area (Å²) in [6.07, 6.45) is 0.667. The Hall–Kier alpha value is -2.00. The van der Waals surface area contributed by atoms with E-state index in [2.05, 4.69) is 38.1 Å². The van der Waals surface area contributed by atoms with E-state index in [4.69, 9.17) is 4.74 Å². The molecule has 1 aromatic heterocycles. The van der Waals surface area contributed by atoms with Gasteiger partial charge in [-0.1, -0.05) is 35.6 Å². The zero-order valence-corrected chi connectivity index (χ0v) is 15.8. The zero-order chi connectivity index (χ0) is 16.9. The summed E-state index contributed by atoms with van der Waals surface area (Å²) in [4.78, 5) is 12.3. The largest absolute Gasteiger partial charge is 0.497 e. The summed E-state index contributed by atoms with van der Waals surface area (Å²) in [5, 5.41) is 12.3. The quantitative estimate of drug-likeness (QED) is 0.596. The van der Waals surface area contributed by atoms with Crippen molar-refractivity contribution in [3.8, 4) is 5.75 Å². The van der Waals surface area contributed by atoms with Gasteiger partial charge >= 0.3 is 0 Å². The molecule has 122 valence electrons. The molecule has 1 amide bonds. The number of hydrogen-bond donors (Lipinski definition) is 1. The number of hydrogen-bond acceptors (Lipinski definition) is 5. The SMILES string of the molecule is COc1ccc(Cc2nnc(NC(=O)c3ccccc3I)s2)cc1. The van der Waals surface area contributed by atoms with Crippen LogP contribution in [0.4, 0.5) is 5.13 Å². The summed E-state index contributed by atoms with van der Waals surface area (Å²) in [6, 6.07) is 15.2. The van der Waals surface area contributed by atoms with Crippen molar-refractivity contribution < 1.29 is 9.53 Å². The average Bonchev–Trinajstić information content (AvgIpc) is 3.02. The first-order valence-electron chi connectivity index (χ1n) is 7.17. The number of nitrogens with zero attached hydrogens (tertiary/aromatic N) is 2. The van der Waals surface area contributed by atoms with E-state index in [1.54, 1.807) is 13.2 Å². The average molecular weight is 451 g/mol. The molecule has 7 heteroatoms. The third kappa shape index (κ3) is 4.09. The summed E-state index contributed by atoms with van der Waals surface area (Å²) < 4.78 is 6.04. The molecule has 0 spiro atoms. The molecule has 5 nitrogen and oxygen atoms in total. The van der Waals surface area contributed by atoms with Crippen LogP contribution in [0.3, 0.4) is 0 Å². The standard InChI is InChI=1S/C17H14IN3O2S/c1-23-12-8-6-11(7-9-12)10-15-20-21-17(24-15)19-16(22)13-4-2-3-5-14(13)18/h2-9H,10H2,1H3,(H,19,21,22). The Bertz CT molecular complexity index is 849. The molecule has 3 rings (SSSR count). The Morgan fingerprint density at radius 1 is 1.17 bits per heavy atom. The molecule has 0 aliphatic heterocycles. The highest BCUT2D eigenvalue weighted by Crippen LogP contribution is 2.21. The van der Waals surface area contributed by atoms with Gasteiger partial charge in [0.1, 0.15) is 10.8 Å². The molecule has 0 bridgehead atoms. The lowest BCUT2D eigenvalue weighted by atomic mass is 10.1. The van der Waals surface area contributed by atoms with Gasteiger partial charge in [-0.3, -0.25) is 10.1 Å². The van der Waals surface area contributed by atoms with Crippen LogP contribution in [-0.2, 0) is 6.42 Å². The number of aromatic nitrogens is 2. The summed E-state index contributed by atoms with van der Waals surface area (Å²) in [5.41, 5.74) is 1.74. The molecule has 24 heavy (non-hydrogen) atoms. The van der Waals surface area contributed by atoms with Crippen molar-refractivity contribution in [1.82, 2.24) is 10.2 Å². The second-order valence-electron chi connectivity index (χ2n) is 4.96. The fourth-order valence-electron chi connectivity index (χ4n) is 2.10. The van der Waals surface area contributed by atoms with Gasteiger partial charge in [-0.15, -0.1) is 10.2 Å². The number of ether oxygens (including phenoxy) is 1. The predicted molar refractivity (Wildman–Crippen MR) is 103 cm³/mol. The minimum Gasteiger partial charge on any atom is -0.497 e. The maximum atomic E-state index is 12.3. The molecule has 1 N–H and O–H groups in total. The first kappa shape index (κ1) is 16.8. The maximum absolute atomic E-state index is 12.3. The lowest BCUT2D eigenvalue weighted by Gasteiger charge is -2.03. The summed E-state index contributed by atoms with van der Waals surface area (Å²) in [5.74, 6) is 0.647. The summed E-state index contributed by atoms with van der Waals surface area (Å²) in [6.45, 7) is 0. The smallest absolute Gasteiger partial charge is 0.258 e. The van der Waals surface area contributed by atoms with Crippen molar-refractivity contribution in [2.45, 2.75) is 6.42 Å². The van der Waals surface area contributed by atoms with Crippen molar-refractivity contribution in [1.29, 1.82) is 0 Å². The Labute approximate surface area is 157 Å². The number of methoxy groups -OCH3 is 1. The van der Waals surface area contributed by atoms with Crippen molar-refractivity contribution in [3.63, 3.8) is 0 Å². The molecule has 0 unspecified atom stereocenters. The van der Waals surface area contributed by atoms with Gasteiger partial charge in [0.05, 0.1) is 12.7 Å². The van der Waals surface area contributed by atoms with Crippen LogP contribution in [0.1, 0.15) is 20.9 Å². The summed E-state index contributed by atoms with van der Waals surface area (Å²) >= 11 is 3.52. The Balaban J connectivity index is 1.67. The van der Waals surface area contributed by atoms with E-state index < -0.39 is 0 Å². The molecule has 0 fully saturated rings. The van der Waals surface area contributed by atoms with Gasteiger partial charge in [0, 0.05) is 9.99 Å². The molecule has 0 saturated heterocycles. The molecule has 0 atom stereocenters. The van der Waals surface area contributed by atoms with Gasteiger partial charge in [0.15, 0.2) is 0 Å². The lowest BCUT2D eigenvalue weighted by molar-refractivity contribution is 0.102. The fourth-order valence-corrected chi connectivity index (χ4v) is 3.50. The molecule has 2 aromatic carbocycles. The van der Waals surface area contributed by atoms with Crippen molar-refractivity contribution in [2.75, 3.05) is 12.4 Å². The Morgan fingerprint density at radius 3 is 2.62 bits per heavy atom. The molecular weight excluding hydrogens is 437 g/mol. The van der Waals surface area contributed by atoms with E-state index in [1.165, 1.54) is 11.3 Å². The van der Waals surface area contributed by atoms with Gasteiger partial charge in [-0.05, 0) is 52.4 Å². The Kier molecular flexibility index (Phi) is 5.41. The zero-order valence-electron chi connectivity index (χ0n) is 12.8. The van der Waals surface area contributed by atoms with Crippen LogP contribution in [-0.4, -0.2) is 23.2 Å². The molecular formula is C17H14IN3O2S. The Morgan fingerprint density at radius 2 is 1.92 bits per heavy atom. The normalized spacial score (nSPS) is 10.4. The van der Waals surface area contributed by atoms with E-state index in [0.717, 1.165) is 19.9 Å². The van der Waals surface area contributed by atoms with Gasteiger partial charge in [0.2, 0.25) is 5.13 Å². The topological polar surface area (TPSA) is 64.1 Å². The minimum absolute atomic E-state index is 0.174. The van der Waals surface area contributed by atoms with Crippen LogP contribution in [0.2, 0.25) is 0 Å². The second kappa shape index (κ2) is 7.71. The second-order valence-corrected chi connectivity index (χ2v) is 7.18. The highest BCUT2D eigenvalue weighted by atomic mass is 127. The third-order valence-electron chi connectivity index (χ3n) is 3.32. The van der Waals surface area contributed by atoms with Gasteiger partial charge in [0.25, 0.3) is 5.91 Å². The van der Waals surface area contributed by atoms with Crippen LogP contribution in [0.25, 0.3) is 0 Å². The molecule has 3 aromatic rings. The first-order valence-corrected chi connectivity index (χ1v) is 9.06. The van der Waals surface area contributed by atoms with Crippen LogP contribution >= 0.6 is 33.9 Å². The van der Waals surface area contributed by atoms with Gasteiger partial charge in [-0.2, -0.15) is 0 Å². The number of carbonyl (C=O) groups excluding carboxylic acids is 1. The minimum atomic E-state index is -0.174. The van der Waals surface area contributed by atoms with Crippen LogP contribution in [0.5, 0.6) is 5.75 Å². The number of benzene rings is 2. The molecule has 1 heterocycles. The maximum Gasteiger partial charge on any atom is 0.258 e. The highest BCUT2D eigenvalue weighted by molar-refractivity contribution is 14.1.